The summed E-state index contributed by atoms with van der Waals surface area (Å²) in [4.78, 5) is 4.96. The van der Waals surface area contributed by atoms with E-state index in [1.54, 1.807) is 0 Å². The van der Waals surface area contributed by atoms with Gasteiger partial charge in [0.2, 0.25) is 0 Å². The zero-order valence-electron chi connectivity index (χ0n) is 43.5. The number of benzene rings is 11. The third-order valence-corrected chi connectivity index (χ3v) is 17.0. The summed E-state index contributed by atoms with van der Waals surface area (Å²) in [5, 5.41) is 6.92. The Hall–Kier alpha value is -9.12. The van der Waals surface area contributed by atoms with E-state index in [9.17, 15) is 0 Å². The van der Waals surface area contributed by atoms with Crippen LogP contribution in [0, 0.1) is 13.8 Å². The number of fused-ring (bicyclic) bond motifs is 14. The highest BCUT2D eigenvalue weighted by atomic mass is 16.3. The number of aryl methyl sites for hydroxylation is 1. The second kappa shape index (κ2) is 16.2. The summed E-state index contributed by atoms with van der Waals surface area (Å²) < 4.78 is 13.0. The average molecular weight is 979 g/mol. The van der Waals surface area contributed by atoms with Crippen LogP contribution in [0.5, 0.6) is 0 Å². The van der Waals surface area contributed by atoms with Gasteiger partial charge in [0.15, 0.2) is 0 Å². The van der Waals surface area contributed by atoms with E-state index in [0.29, 0.717) is 0 Å². The summed E-state index contributed by atoms with van der Waals surface area (Å²) in [6.07, 6.45) is 0. The van der Waals surface area contributed by atoms with Crippen molar-refractivity contribution in [3.8, 4) is 33.4 Å². The number of hydrogen-bond acceptors (Lipinski definition) is 4. The summed E-state index contributed by atoms with van der Waals surface area (Å²) in [7, 11) is 0. The van der Waals surface area contributed by atoms with E-state index in [2.05, 4.69) is 258 Å². The molecule has 76 heavy (non-hydrogen) atoms. The first kappa shape index (κ1) is 44.4. The van der Waals surface area contributed by atoms with Crippen LogP contribution in [0.4, 0.5) is 34.1 Å². The monoisotopic (exact) mass is 978 g/mol. The Morgan fingerprint density at radius 2 is 0.882 bits per heavy atom. The molecule has 0 fully saturated rings. The van der Waals surface area contributed by atoms with Crippen LogP contribution >= 0.6 is 0 Å². The largest absolute Gasteiger partial charge is 0.456 e. The number of nitrogens with zero attached hydrogens (tertiary/aromatic N) is 2. The Labute approximate surface area is 442 Å². The van der Waals surface area contributed by atoms with Gasteiger partial charge in [-0.3, -0.25) is 0 Å². The fourth-order valence-electron chi connectivity index (χ4n) is 13.4. The third-order valence-electron chi connectivity index (χ3n) is 17.0. The number of para-hydroxylation sites is 3. The van der Waals surface area contributed by atoms with E-state index in [1.807, 2.05) is 12.1 Å². The second-order valence-corrected chi connectivity index (χ2v) is 22.2. The maximum Gasteiger partial charge on any atom is 0.135 e. The SMILES string of the molecule is Cc1cc(-c2cc(N(c3ccccc3)c3ccc4oc5ccccc5c4c3)c(C)c(N(c3ccc4c(c3)-c3ccccc3C4(C)C)c3ccc4oc5ccccc5c4c3)c2)c2c(c1)C(C)(C)c1c-2ccc2ccccc12. The molecule has 15 rings (SSSR count). The maximum absolute atomic E-state index is 6.52. The van der Waals surface area contributed by atoms with Gasteiger partial charge in [-0.2, -0.15) is 0 Å². The van der Waals surface area contributed by atoms with Crippen molar-refractivity contribution in [1.29, 1.82) is 0 Å². The zero-order valence-corrected chi connectivity index (χ0v) is 43.5. The van der Waals surface area contributed by atoms with Gasteiger partial charge in [-0.1, -0.05) is 167 Å². The summed E-state index contributed by atoms with van der Waals surface area (Å²) >= 11 is 0. The Balaban J connectivity index is 1.06. The van der Waals surface area contributed by atoms with Gasteiger partial charge >= 0.3 is 0 Å². The van der Waals surface area contributed by atoms with Crippen molar-refractivity contribution >= 4 is 88.8 Å². The number of rotatable bonds is 7. The molecule has 0 saturated heterocycles. The van der Waals surface area contributed by atoms with Crippen molar-refractivity contribution in [2.24, 2.45) is 0 Å². The van der Waals surface area contributed by atoms with Crippen LogP contribution in [-0.4, -0.2) is 0 Å². The lowest BCUT2D eigenvalue weighted by Crippen LogP contribution is -2.17. The maximum atomic E-state index is 6.52. The minimum Gasteiger partial charge on any atom is -0.456 e. The molecule has 0 aliphatic heterocycles. The molecule has 11 aromatic carbocycles. The number of anilines is 6. The highest BCUT2D eigenvalue weighted by molar-refractivity contribution is 6.09. The average Bonchev–Trinajstić information content (AvgIpc) is 4.19. The van der Waals surface area contributed by atoms with Gasteiger partial charge in [-0.25, -0.2) is 0 Å². The standard InChI is InChI=1S/C72H54N2O2/c1-43-36-56(69-55-32-28-45-18-10-11-21-51(45)70(55)72(5,6)62(69)37-43)46-38-63(73(47-19-8-7-9-20-47)49-30-34-67-58(41-49)53-23-13-16-26-65(53)75-67)44(2)64(39-46)74(50-31-35-68-59(42-50)54-24-14-17-27-66(54)76-68)48-29-33-61-57(40-48)52-22-12-15-25-60(52)71(61,3)4/h7-42H,1-6H3. The van der Waals surface area contributed by atoms with Crippen LogP contribution in [0.1, 0.15) is 61.1 Å². The topological polar surface area (TPSA) is 32.8 Å². The van der Waals surface area contributed by atoms with Crippen molar-refractivity contribution in [3.05, 3.63) is 252 Å². The molecule has 13 aromatic rings. The summed E-state index contributed by atoms with van der Waals surface area (Å²) in [6, 6.07) is 80.5. The molecule has 2 aliphatic carbocycles. The highest BCUT2D eigenvalue weighted by Crippen LogP contribution is 2.57. The fraction of sp³-hybridized carbons (Fsp3) is 0.111. The minimum absolute atomic E-state index is 0.147. The van der Waals surface area contributed by atoms with Gasteiger partial charge in [0.05, 0.1) is 11.4 Å². The molecular formula is C72H54N2O2. The smallest absolute Gasteiger partial charge is 0.135 e. The van der Waals surface area contributed by atoms with Gasteiger partial charge in [-0.05, 0) is 171 Å². The van der Waals surface area contributed by atoms with Crippen molar-refractivity contribution < 1.29 is 8.83 Å². The molecule has 2 aromatic heterocycles. The van der Waals surface area contributed by atoms with E-state index < -0.39 is 0 Å². The summed E-state index contributed by atoms with van der Waals surface area (Å²) in [5.41, 5.74) is 24.7. The van der Waals surface area contributed by atoms with Gasteiger partial charge in [0.1, 0.15) is 22.3 Å². The van der Waals surface area contributed by atoms with Crippen molar-refractivity contribution in [1.82, 2.24) is 0 Å². The summed E-state index contributed by atoms with van der Waals surface area (Å²) in [5.74, 6) is 0. The lowest BCUT2D eigenvalue weighted by molar-refractivity contribution is 0.660. The van der Waals surface area contributed by atoms with Crippen LogP contribution in [0.3, 0.4) is 0 Å². The number of furan rings is 2. The third kappa shape index (κ3) is 6.43. The molecular weight excluding hydrogens is 925 g/mol. The van der Waals surface area contributed by atoms with Crippen LogP contribution < -0.4 is 9.80 Å². The highest BCUT2D eigenvalue weighted by Gasteiger charge is 2.40. The Morgan fingerprint density at radius 1 is 0.342 bits per heavy atom. The molecule has 364 valence electrons. The van der Waals surface area contributed by atoms with E-state index in [-0.39, 0.29) is 10.8 Å². The second-order valence-electron chi connectivity index (χ2n) is 22.2. The molecule has 0 bridgehead atoms. The molecule has 4 heteroatoms. The van der Waals surface area contributed by atoms with Gasteiger partial charge in [-0.15, -0.1) is 0 Å². The molecule has 0 radical (unpaired) electrons. The van der Waals surface area contributed by atoms with E-state index in [0.717, 1.165) is 89.1 Å². The van der Waals surface area contributed by atoms with Crippen LogP contribution in [-0.2, 0) is 10.8 Å². The van der Waals surface area contributed by atoms with E-state index in [4.69, 9.17) is 8.83 Å². The Morgan fingerprint density at radius 3 is 1.57 bits per heavy atom. The fourth-order valence-corrected chi connectivity index (χ4v) is 13.4. The van der Waals surface area contributed by atoms with Crippen molar-refractivity contribution in [2.45, 2.75) is 52.4 Å². The van der Waals surface area contributed by atoms with Crippen LogP contribution in [0.2, 0.25) is 0 Å². The molecule has 0 saturated carbocycles. The van der Waals surface area contributed by atoms with Crippen LogP contribution in [0.25, 0.3) is 88.0 Å². The minimum atomic E-state index is -0.245. The molecule has 0 atom stereocenters. The normalized spacial score (nSPS) is 13.9. The quantitative estimate of drug-likeness (QED) is 0.159. The van der Waals surface area contributed by atoms with E-state index >= 15 is 0 Å². The first-order valence-electron chi connectivity index (χ1n) is 26.6. The van der Waals surface area contributed by atoms with Crippen LogP contribution in [0.15, 0.2) is 227 Å². The first-order chi connectivity index (χ1) is 37.0. The number of hydrogen-bond donors (Lipinski definition) is 0. The van der Waals surface area contributed by atoms with Gasteiger partial charge < -0.3 is 18.6 Å². The van der Waals surface area contributed by atoms with E-state index in [1.165, 1.54) is 66.4 Å². The van der Waals surface area contributed by atoms with Crippen molar-refractivity contribution in [3.63, 3.8) is 0 Å². The molecule has 0 amide bonds. The predicted octanol–water partition coefficient (Wildman–Crippen LogP) is 20.5. The van der Waals surface area contributed by atoms with Crippen molar-refractivity contribution in [2.75, 3.05) is 9.80 Å². The lowest BCUT2D eigenvalue weighted by Gasteiger charge is -2.33. The zero-order chi connectivity index (χ0) is 51.2. The molecule has 0 spiro atoms. The molecule has 2 heterocycles. The molecule has 0 N–H and O–H groups in total. The van der Waals surface area contributed by atoms with Gasteiger partial charge in [0.25, 0.3) is 0 Å². The Bertz CT molecular complexity index is 4570. The molecule has 2 aliphatic rings. The lowest BCUT2D eigenvalue weighted by atomic mass is 9.79. The summed E-state index contributed by atoms with van der Waals surface area (Å²) in [6.45, 7) is 14.1. The molecule has 4 nitrogen and oxygen atoms in total. The predicted molar refractivity (Wildman–Crippen MR) is 318 cm³/mol. The molecule has 0 unspecified atom stereocenters. The Kier molecular flexibility index (Phi) is 9.45. The first-order valence-corrected chi connectivity index (χ1v) is 26.6. The van der Waals surface area contributed by atoms with Gasteiger partial charge in [0, 0.05) is 55.1 Å².